The highest BCUT2D eigenvalue weighted by Crippen LogP contribution is 2.51. The SMILES string of the molecule is O=C1N(Cc2ccccc2)[C@@H](c2ccccc2)[C@@]12CCCO2. The molecule has 0 bridgehead atoms. The molecular weight excluding hydrogens is 274 g/mol. The maximum atomic E-state index is 12.8. The molecule has 0 radical (unpaired) electrons. The normalized spacial score (nSPS) is 27.2. The van der Waals surface area contributed by atoms with Crippen molar-refractivity contribution in [3.05, 3.63) is 71.8 Å². The number of amides is 1. The lowest BCUT2D eigenvalue weighted by Gasteiger charge is -2.53. The molecular formula is C19H19NO2. The standard InChI is InChI=1S/C19H19NO2/c21-18-19(12-7-13-22-19)17(16-10-5-2-6-11-16)20(18)14-15-8-3-1-4-9-15/h1-6,8-11,17H,7,12-14H2/t17-,19-/m0/s1. The van der Waals surface area contributed by atoms with Gasteiger partial charge >= 0.3 is 0 Å². The second-order valence-electron chi connectivity index (χ2n) is 6.07. The summed E-state index contributed by atoms with van der Waals surface area (Å²) in [5, 5.41) is 0. The van der Waals surface area contributed by atoms with E-state index in [2.05, 4.69) is 24.3 Å². The molecule has 0 aliphatic carbocycles. The van der Waals surface area contributed by atoms with Gasteiger partial charge in [-0.25, -0.2) is 0 Å². The van der Waals surface area contributed by atoms with Crippen LogP contribution in [0.5, 0.6) is 0 Å². The number of carbonyl (C=O) groups is 1. The summed E-state index contributed by atoms with van der Waals surface area (Å²) in [4.78, 5) is 14.7. The maximum absolute atomic E-state index is 12.8. The van der Waals surface area contributed by atoms with E-state index in [0.717, 1.165) is 18.4 Å². The van der Waals surface area contributed by atoms with Crippen molar-refractivity contribution in [2.45, 2.75) is 31.0 Å². The van der Waals surface area contributed by atoms with Gasteiger partial charge in [-0.15, -0.1) is 0 Å². The van der Waals surface area contributed by atoms with Crippen molar-refractivity contribution in [1.82, 2.24) is 4.90 Å². The van der Waals surface area contributed by atoms with Gasteiger partial charge in [-0.3, -0.25) is 4.79 Å². The first-order valence-corrected chi connectivity index (χ1v) is 7.85. The summed E-state index contributed by atoms with van der Waals surface area (Å²) in [5.41, 5.74) is 1.71. The van der Waals surface area contributed by atoms with E-state index in [9.17, 15) is 4.79 Å². The Labute approximate surface area is 130 Å². The van der Waals surface area contributed by atoms with E-state index >= 15 is 0 Å². The van der Waals surface area contributed by atoms with Crippen molar-refractivity contribution in [2.24, 2.45) is 0 Å². The Bertz CT molecular complexity index is 662. The van der Waals surface area contributed by atoms with Crippen LogP contribution in [0, 0.1) is 0 Å². The zero-order valence-electron chi connectivity index (χ0n) is 12.4. The average molecular weight is 293 g/mol. The van der Waals surface area contributed by atoms with Gasteiger partial charge in [-0.2, -0.15) is 0 Å². The lowest BCUT2D eigenvalue weighted by Crippen LogP contribution is -2.67. The van der Waals surface area contributed by atoms with Crippen LogP contribution in [0.4, 0.5) is 0 Å². The molecule has 3 heteroatoms. The Morgan fingerprint density at radius 1 is 1.05 bits per heavy atom. The van der Waals surface area contributed by atoms with Crippen LogP contribution in [-0.4, -0.2) is 23.0 Å². The molecule has 0 unspecified atom stereocenters. The van der Waals surface area contributed by atoms with Crippen LogP contribution in [-0.2, 0) is 16.1 Å². The first-order valence-electron chi connectivity index (χ1n) is 7.85. The average Bonchev–Trinajstić information content (AvgIpc) is 3.08. The van der Waals surface area contributed by atoms with Gasteiger partial charge in [0.05, 0.1) is 6.04 Å². The van der Waals surface area contributed by atoms with Crippen molar-refractivity contribution < 1.29 is 9.53 Å². The Balaban J connectivity index is 1.67. The van der Waals surface area contributed by atoms with E-state index in [0.29, 0.717) is 13.2 Å². The lowest BCUT2D eigenvalue weighted by atomic mass is 9.76. The molecule has 2 heterocycles. The van der Waals surface area contributed by atoms with Gasteiger partial charge in [0.25, 0.3) is 5.91 Å². The summed E-state index contributed by atoms with van der Waals surface area (Å²) in [6, 6.07) is 20.4. The highest BCUT2D eigenvalue weighted by atomic mass is 16.5. The van der Waals surface area contributed by atoms with Crippen LogP contribution in [0.1, 0.15) is 30.0 Å². The van der Waals surface area contributed by atoms with Crippen molar-refractivity contribution in [3.8, 4) is 0 Å². The Morgan fingerprint density at radius 2 is 1.73 bits per heavy atom. The lowest BCUT2D eigenvalue weighted by molar-refractivity contribution is -0.197. The number of ether oxygens (including phenoxy) is 1. The van der Waals surface area contributed by atoms with Crippen molar-refractivity contribution in [2.75, 3.05) is 6.61 Å². The summed E-state index contributed by atoms with van der Waals surface area (Å²) < 4.78 is 5.93. The summed E-state index contributed by atoms with van der Waals surface area (Å²) >= 11 is 0. The fourth-order valence-corrected chi connectivity index (χ4v) is 3.74. The molecule has 112 valence electrons. The maximum Gasteiger partial charge on any atom is 0.258 e. The largest absolute Gasteiger partial charge is 0.363 e. The molecule has 2 aliphatic heterocycles. The van der Waals surface area contributed by atoms with Crippen molar-refractivity contribution in [1.29, 1.82) is 0 Å². The minimum atomic E-state index is -0.615. The monoisotopic (exact) mass is 293 g/mol. The number of carbonyl (C=O) groups excluding carboxylic acids is 1. The number of rotatable bonds is 3. The molecule has 4 rings (SSSR count). The third kappa shape index (κ3) is 1.97. The molecule has 2 aromatic carbocycles. The van der Waals surface area contributed by atoms with Gasteiger partial charge < -0.3 is 9.64 Å². The third-order valence-electron chi connectivity index (χ3n) is 4.74. The van der Waals surface area contributed by atoms with E-state index < -0.39 is 5.60 Å². The predicted molar refractivity (Wildman–Crippen MR) is 84.1 cm³/mol. The van der Waals surface area contributed by atoms with Gasteiger partial charge in [0.1, 0.15) is 0 Å². The van der Waals surface area contributed by atoms with E-state index in [-0.39, 0.29) is 11.9 Å². The van der Waals surface area contributed by atoms with Crippen molar-refractivity contribution in [3.63, 3.8) is 0 Å². The highest BCUT2D eigenvalue weighted by Gasteiger charge is 2.63. The highest BCUT2D eigenvalue weighted by molar-refractivity contribution is 5.93. The summed E-state index contributed by atoms with van der Waals surface area (Å²) in [5.74, 6) is 0.141. The molecule has 0 saturated carbocycles. The molecule has 2 aromatic rings. The third-order valence-corrected chi connectivity index (χ3v) is 4.74. The van der Waals surface area contributed by atoms with Gasteiger partial charge in [-0.05, 0) is 24.0 Å². The second kappa shape index (κ2) is 5.25. The first kappa shape index (κ1) is 13.5. The van der Waals surface area contributed by atoms with Crippen LogP contribution in [0.2, 0.25) is 0 Å². The second-order valence-corrected chi connectivity index (χ2v) is 6.07. The Hall–Kier alpha value is -2.13. The number of hydrogen-bond acceptors (Lipinski definition) is 2. The smallest absolute Gasteiger partial charge is 0.258 e. The van der Waals surface area contributed by atoms with Gasteiger partial charge in [0.15, 0.2) is 5.60 Å². The van der Waals surface area contributed by atoms with E-state index in [4.69, 9.17) is 4.74 Å². The van der Waals surface area contributed by atoms with E-state index in [1.807, 2.05) is 41.3 Å². The predicted octanol–water partition coefficient (Wildman–Crippen LogP) is 3.32. The Kier molecular flexibility index (Phi) is 3.23. The zero-order chi connectivity index (χ0) is 15.0. The first-order chi connectivity index (χ1) is 10.8. The molecule has 2 fully saturated rings. The molecule has 0 N–H and O–H groups in total. The number of hydrogen-bond donors (Lipinski definition) is 0. The minimum absolute atomic E-state index is 0.0314. The van der Waals surface area contributed by atoms with Crippen LogP contribution in [0.15, 0.2) is 60.7 Å². The topological polar surface area (TPSA) is 29.5 Å². The Morgan fingerprint density at radius 3 is 2.36 bits per heavy atom. The number of likely N-dealkylation sites (tertiary alicyclic amines) is 1. The fourth-order valence-electron chi connectivity index (χ4n) is 3.74. The molecule has 2 atom stereocenters. The van der Waals surface area contributed by atoms with Gasteiger partial charge in [0, 0.05) is 13.2 Å². The molecule has 22 heavy (non-hydrogen) atoms. The quantitative estimate of drug-likeness (QED) is 0.813. The number of nitrogens with zero attached hydrogens (tertiary/aromatic N) is 1. The minimum Gasteiger partial charge on any atom is -0.363 e. The molecule has 2 aliphatic rings. The zero-order valence-corrected chi connectivity index (χ0v) is 12.4. The molecule has 2 saturated heterocycles. The number of benzene rings is 2. The van der Waals surface area contributed by atoms with Gasteiger partial charge in [0.2, 0.25) is 0 Å². The summed E-state index contributed by atoms with van der Waals surface area (Å²) in [7, 11) is 0. The van der Waals surface area contributed by atoms with Gasteiger partial charge in [-0.1, -0.05) is 60.7 Å². The van der Waals surface area contributed by atoms with Crippen LogP contribution in [0.3, 0.4) is 0 Å². The molecule has 1 spiro atoms. The number of β-lactam (4-membered cyclic amide) rings is 1. The molecule has 0 aromatic heterocycles. The van der Waals surface area contributed by atoms with E-state index in [1.54, 1.807) is 0 Å². The van der Waals surface area contributed by atoms with E-state index in [1.165, 1.54) is 5.56 Å². The summed E-state index contributed by atoms with van der Waals surface area (Å²) in [6.07, 6.45) is 1.80. The van der Waals surface area contributed by atoms with Crippen molar-refractivity contribution >= 4 is 5.91 Å². The summed E-state index contributed by atoms with van der Waals surface area (Å²) in [6.45, 7) is 1.33. The van der Waals surface area contributed by atoms with Crippen LogP contribution < -0.4 is 0 Å². The van der Waals surface area contributed by atoms with Crippen LogP contribution in [0.25, 0.3) is 0 Å². The molecule has 3 nitrogen and oxygen atoms in total. The van der Waals surface area contributed by atoms with Crippen LogP contribution >= 0.6 is 0 Å². The fraction of sp³-hybridized carbons (Fsp3) is 0.316. The molecule has 1 amide bonds.